The van der Waals surface area contributed by atoms with E-state index in [9.17, 15) is 0 Å². The van der Waals surface area contributed by atoms with Gasteiger partial charge < -0.3 is 5.11 Å². The van der Waals surface area contributed by atoms with Crippen LogP contribution < -0.4 is 0 Å². The van der Waals surface area contributed by atoms with Crippen molar-refractivity contribution in [1.82, 2.24) is 0 Å². The molecule has 2 aliphatic rings. The molecule has 1 nitrogen and oxygen atoms in total. The number of rotatable bonds is 3. The van der Waals surface area contributed by atoms with Crippen LogP contribution in [0.5, 0.6) is 0 Å². The number of aliphatic hydroxyl groups excluding tert-OH is 1. The van der Waals surface area contributed by atoms with Gasteiger partial charge in [0.25, 0.3) is 0 Å². The zero-order chi connectivity index (χ0) is 18.2. The highest BCUT2D eigenvalue weighted by atomic mass is 16.2. The van der Waals surface area contributed by atoms with Crippen LogP contribution in [0.25, 0.3) is 0 Å². The maximum absolute atomic E-state index is 7.00. The smallest absolute Gasteiger partial charge is 0.0319 e. The van der Waals surface area contributed by atoms with Crippen LogP contribution in [0.1, 0.15) is 131 Å². The highest BCUT2D eigenvalue weighted by molar-refractivity contribution is 4.51. The van der Waals surface area contributed by atoms with Crippen molar-refractivity contribution in [1.29, 1.82) is 0 Å². The molecule has 144 valence electrons. The van der Waals surface area contributed by atoms with Gasteiger partial charge in [-0.2, -0.15) is 0 Å². The molecule has 0 aromatic rings. The quantitative estimate of drug-likeness (QED) is 0.553. The molecule has 2 rings (SSSR count). The summed E-state index contributed by atoms with van der Waals surface area (Å²) in [6, 6.07) is 0. The van der Waals surface area contributed by atoms with Crippen LogP contribution in [0, 0.1) is 5.92 Å². The first-order valence-electron chi connectivity index (χ1n) is 10.7. The van der Waals surface area contributed by atoms with Gasteiger partial charge in [0.1, 0.15) is 0 Å². The summed E-state index contributed by atoms with van der Waals surface area (Å²) in [7, 11) is 1.00. The Balaban J connectivity index is -0.000000235. The van der Waals surface area contributed by atoms with Crippen LogP contribution >= 0.6 is 0 Å². The lowest BCUT2D eigenvalue weighted by atomic mass is 10.0. The standard InChI is InChI=1S/C7H16.2C6H12.C2H6.CH4O/c1-4-5-6-7(2)3;2*1-2-4-6-5-3-1;2*1-2/h7H,4-6H2,1-3H3;2*1-6H2;1-2H3;2H,1H3. The van der Waals surface area contributed by atoms with E-state index in [4.69, 9.17) is 5.11 Å². The molecule has 0 unspecified atom stereocenters. The number of hydrogen-bond donors (Lipinski definition) is 1. The van der Waals surface area contributed by atoms with Crippen molar-refractivity contribution in [2.45, 2.75) is 131 Å². The molecule has 0 amide bonds. The van der Waals surface area contributed by atoms with E-state index in [0.29, 0.717) is 0 Å². The first-order valence-corrected chi connectivity index (χ1v) is 10.7. The average molecular weight is 331 g/mol. The minimum atomic E-state index is 0.903. The topological polar surface area (TPSA) is 20.2 Å². The molecule has 0 aromatic carbocycles. The van der Waals surface area contributed by atoms with Crippen LogP contribution in [-0.4, -0.2) is 12.2 Å². The molecule has 0 aromatic heterocycles. The Morgan fingerprint density at radius 1 is 0.609 bits per heavy atom. The normalized spacial score (nSPS) is 16.2. The molecule has 2 fully saturated rings. The fourth-order valence-electron chi connectivity index (χ4n) is 2.73. The van der Waals surface area contributed by atoms with Gasteiger partial charge in [-0.1, -0.05) is 131 Å². The molecule has 0 spiro atoms. The van der Waals surface area contributed by atoms with Gasteiger partial charge in [0.15, 0.2) is 0 Å². The summed E-state index contributed by atoms with van der Waals surface area (Å²) in [6.07, 6.45) is 22.1. The molecule has 1 heteroatoms. The van der Waals surface area contributed by atoms with Crippen LogP contribution in [0.4, 0.5) is 0 Å². The zero-order valence-corrected chi connectivity index (χ0v) is 17.6. The van der Waals surface area contributed by atoms with Gasteiger partial charge in [-0.25, -0.2) is 0 Å². The predicted molar refractivity (Wildman–Crippen MR) is 109 cm³/mol. The second-order valence-corrected chi connectivity index (χ2v) is 6.78. The lowest BCUT2D eigenvalue weighted by molar-refractivity contribution is 0.399. The molecule has 23 heavy (non-hydrogen) atoms. The minimum Gasteiger partial charge on any atom is -0.400 e. The van der Waals surface area contributed by atoms with Gasteiger partial charge in [-0.05, 0) is 5.92 Å². The van der Waals surface area contributed by atoms with Gasteiger partial charge in [-0.15, -0.1) is 0 Å². The van der Waals surface area contributed by atoms with Gasteiger partial charge in [-0.3, -0.25) is 0 Å². The van der Waals surface area contributed by atoms with Crippen LogP contribution in [0.15, 0.2) is 0 Å². The highest BCUT2D eigenvalue weighted by Gasteiger charge is 1.96. The largest absolute Gasteiger partial charge is 0.400 e. The summed E-state index contributed by atoms with van der Waals surface area (Å²) in [5.74, 6) is 0.903. The lowest BCUT2D eigenvalue weighted by Gasteiger charge is -2.05. The molecule has 0 aliphatic heterocycles. The van der Waals surface area contributed by atoms with E-state index in [-0.39, 0.29) is 0 Å². The van der Waals surface area contributed by atoms with E-state index in [1.165, 1.54) is 96.3 Å². The zero-order valence-electron chi connectivity index (χ0n) is 17.6. The van der Waals surface area contributed by atoms with Crippen molar-refractivity contribution in [2.24, 2.45) is 5.92 Å². The van der Waals surface area contributed by atoms with E-state index in [1.807, 2.05) is 13.8 Å². The van der Waals surface area contributed by atoms with E-state index in [0.717, 1.165) is 13.0 Å². The van der Waals surface area contributed by atoms with E-state index in [1.54, 1.807) is 0 Å². The van der Waals surface area contributed by atoms with Gasteiger partial charge in [0, 0.05) is 7.11 Å². The molecule has 2 aliphatic carbocycles. The monoisotopic (exact) mass is 330 g/mol. The Labute approximate surface area is 149 Å². The molecule has 0 bridgehead atoms. The summed E-state index contributed by atoms with van der Waals surface area (Å²) in [6.45, 7) is 10.8. The van der Waals surface area contributed by atoms with Crippen molar-refractivity contribution in [3.63, 3.8) is 0 Å². The SMILES string of the molecule is C1CCCCC1.C1CCCCC1.CC.CCCCC(C)C.CO. The molecule has 0 heterocycles. The fraction of sp³-hybridized carbons (Fsp3) is 1.00. The average Bonchev–Trinajstić information content (AvgIpc) is 2.67. The van der Waals surface area contributed by atoms with Crippen LogP contribution in [0.2, 0.25) is 0 Å². The van der Waals surface area contributed by atoms with E-state index >= 15 is 0 Å². The van der Waals surface area contributed by atoms with Crippen molar-refractivity contribution in [3.05, 3.63) is 0 Å². The summed E-state index contributed by atoms with van der Waals surface area (Å²) in [5.41, 5.74) is 0. The molecule has 1 N–H and O–H groups in total. The molecule has 0 saturated heterocycles. The third-order valence-electron chi connectivity index (χ3n) is 4.14. The Hall–Kier alpha value is -0.0400. The summed E-state index contributed by atoms with van der Waals surface area (Å²) >= 11 is 0. The minimum absolute atomic E-state index is 0.903. The second kappa shape index (κ2) is 29.9. The number of hydrogen-bond acceptors (Lipinski definition) is 1. The Kier molecular flexibility index (Phi) is 36.1. The molecular weight excluding hydrogens is 280 g/mol. The van der Waals surface area contributed by atoms with Gasteiger partial charge >= 0.3 is 0 Å². The maximum Gasteiger partial charge on any atom is 0.0319 e. The lowest BCUT2D eigenvalue weighted by Crippen LogP contribution is -1.85. The number of unbranched alkanes of at least 4 members (excludes halogenated alkanes) is 1. The maximum atomic E-state index is 7.00. The van der Waals surface area contributed by atoms with Crippen LogP contribution in [-0.2, 0) is 0 Å². The first kappa shape index (κ1) is 27.8. The molecule has 0 radical (unpaired) electrons. The second-order valence-electron chi connectivity index (χ2n) is 6.78. The van der Waals surface area contributed by atoms with E-state index in [2.05, 4.69) is 20.8 Å². The summed E-state index contributed by atoms with van der Waals surface area (Å²) < 4.78 is 0. The predicted octanol–water partition coefficient (Wildman–Crippen LogP) is 8.15. The Morgan fingerprint density at radius 2 is 0.826 bits per heavy atom. The van der Waals surface area contributed by atoms with Crippen molar-refractivity contribution in [2.75, 3.05) is 7.11 Å². The van der Waals surface area contributed by atoms with Crippen LogP contribution in [0.3, 0.4) is 0 Å². The first-order chi connectivity index (χ1) is 11.3. The molecule has 2 saturated carbocycles. The highest BCUT2D eigenvalue weighted by Crippen LogP contribution is 2.15. The summed E-state index contributed by atoms with van der Waals surface area (Å²) in [5, 5.41) is 7.00. The van der Waals surface area contributed by atoms with E-state index < -0.39 is 0 Å². The van der Waals surface area contributed by atoms with Crippen molar-refractivity contribution in [3.8, 4) is 0 Å². The van der Waals surface area contributed by atoms with Gasteiger partial charge in [0.2, 0.25) is 0 Å². The summed E-state index contributed by atoms with van der Waals surface area (Å²) in [4.78, 5) is 0. The van der Waals surface area contributed by atoms with Gasteiger partial charge in [0.05, 0.1) is 0 Å². The Bertz CT molecular complexity index is 111. The fourth-order valence-corrected chi connectivity index (χ4v) is 2.73. The third-order valence-corrected chi connectivity index (χ3v) is 4.14. The third kappa shape index (κ3) is 34.3. The van der Waals surface area contributed by atoms with Crippen molar-refractivity contribution < 1.29 is 5.11 Å². The molecule has 0 atom stereocenters. The van der Waals surface area contributed by atoms with Crippen molar-refractivity contribution >= 4 is 0 Å². The Morgan fingerprint density at radius 3 is 0.913 bits per heavy atom. The number of aliphatic hydroxyl groups is 1. The molecular formula is C22H50O.